The quantitative estimate of drug-likeness (QED) is 0.605. The van der Waals surface area contributed by atoms with E-state index < -0.39 is 27.8 Å². The van der Waals surface area contributed by atoms with Crippen molar-refractivity contribution in [1.29, 1.82) is 0 Å². The molecule has 152 valence electrons. The molecule has 9 nitrogen and oxygen atoms in total. The van der Waals surface area contributed by atoms with Crippen molar-refractivity contribution in [3.8, 4) is 0 Å². The van der Waals surface area contributed by atoms with Crippen molar-refractivity contribution in [3.05, 3.63) is 59.9 Å². The summed E-state index contributed by atoms with van der Waals surface area (Å²) in [4.78, 5) is 16.0. The molecular weight excluding hydrogens is 421 g/mol. The van der Waals surface area contributed by atoms with Gasteiger partial charge in [-0.3, -0.25) is 4.98 Å². The van der Waals surface area contributed by atoms with Crippen molar-refractivity contribution in [3.63, 3.8) is 0 Å². The first-order chi connectivity index (χ1) is 13.8. The van der Waals surface area contributed by atoms with E-state index in [-0.39, 0.29) is 29.0 Å². The lowest BCUT2D eigenvalue weighted by atomic mass is 9.98. The van der Waals surface area contributed by atoms with Gasteiger partial charge in [0.15, 0.2) is 5.03 Å². The minimum Gasteiger partial charge on any atom is -0.365 e. The molecule has 0 aromatic carbocycles. The maximum atomic E-state index is 14.4. The number of nitrogens with one attached hydrogen (secondary N) is 1. The van der Waals surface area contributed by atoms with E-state index >= 15 is 0 Å². The molecule has 0 aliphatic carbocycles. The molecule has 29 heavy (non-hydrogen) atoms. The van der Waals surface area contributed by atoms with Crippen molar-refractivity contribution in [2.75, 3.05) is 18.4 Å². The second-order valence-electron chi connectivity index (χ2n) is 6.65. The SMILES string of the molecule is Cn1cnc(S(=O)(=O)N2C[C@H](Nc3cc(Cl)ncn3)[C@@H](c3ncccc3F)C2)c1. The predicted octanol–water partition coefficient (Wildman–Crippen LogP) is 1.67. The van der Waals surface area contributed by atoms with E-state index in [0.717, 1.165) is 0 Å². The highest BCUT2D eigenvalue weighted by Gasteiger charge is 2.42. The minimum atomic E-state index is -3.85. The summed E-state index contributed by atoms with van der Waals surface area (Å²) < 4.78 is 43.3. The van der Waals surface area contributed by atoms with E-state index in [4.69, 9.17) is 11.6 Å². The molecule has 0 amide bonds. The standard InChI is InChI=1S/C17H17ClFN7O2S/c1-25-8-16(23-10-25)29(27,28)26-6-11(17-12(19)3-2-4-20-17)13(7-26)24-15-5-14(18)21-9-22-15/h2-5,8-11,13H,6-7H2,1H3,(H,21,22,24)/t11-,13-/m0/s1. The Morgan fingerprint density at radius 3 is 2.76 bits per heavy atom. The Morgan fingerprint density at radius 2 is 2.07 bits per heavy atom. The molecule has 0 radical (unpaired) electrons. The van der Waals surface area contributed by atoms with Crippen molar-refractivity contribution < 1.29 is 12.8 Å². The molecule has 0 bridgehead atoms. The summed E-state index contributed by atoms with van der Waals surface area (Å²) in [5.74, 6) is -0.626. The van der Waals surface area contributed by atoms with Crippen LogP contribution in [0.1, 0.15) is 11.6 Å². The lowest BCUT2D eigenvalue weighted by Crippen LogP contribution is -2.32. The fraction of sp³-hybridized carbons (Fsp3) is 0.294. The summed E-state index contributed by atoms with van der Waals surface area (Å²) in [6.45, 7) is 0.129. The van der Waals surface area contributed by atoms with Crippen LogP contribution in [0.5, 0.6) is 0 Å². The molecule has 0 spiro atoms. The molecule has 0 unspecified atom stereocenters. The van der Waals surface area contributed by atoms with E-state index in [2.05, 4.69) is 25.3 Å². The zero-order valence-corrected chi connectivity index (χ0v) is 16.8. The van der Waals surface area contributed by atoms with Gasteiger partial charge in [-0.05, 0) is 12.1 Å². The van der Waals surface area contributed by atoms with Gasteiger partial charge in [-0.1, -0.05) is 11.6 Å². The van der Waals surface area contributed by atoms with Gasteiger partial charge in [-0.25, -0.2) is 27.8 Å². The summed E-state index contributed by atoms with van der Waals surface area (Å²) in [5, 5.41) is 3.31. The Balaban J connectivity index is 1.68. The first kappa shape index (κ1) is 19.7. The van der Waals surface area contributed by atoms with E-state index in [1.54, 1.807) is 11.6 Å². The maximum Gasteiger partial charge on any atom is 0.262 e. The van der Waals surface area contributed by atoms with Gasteiger partial charge >= 0.3 is 0 Å². The first-order valence-corrected chi connectivity index (χ1v) is 10.5. The Labute approximate surface area is 171 Å². The van der Waals surface area contributed by atoms with Crippen LogP contribution in [0.3, 0.4) is 0 Å². The molecule has 3 aromatic heterocycles. The molecule has 1 aliphatic rings. The molecule has 0 saturated carbocycles. The maximum absolute atomic E-state index is 14.4. The molecule has 1 fully saturated rings. The Kier molecular flexibility index (Phi) is 5.19. The Bertz CT molecular complexity index is 1140. The van der Waals surface area contributed by atoms with E-state index in [0.29, 0.717) is 5.82 Å². The van der Waals surface area contributed by atoms with Gasteiger partial charge in [0, 0.05) is 44.5 Å². The van der Waals surface area contributed by atoms with E-state index in [1.807, 2.05) is 0 Å². The highest BCUT2D eigenvalue weighted by Crippen LogP contribution is 2.33. The number of halogens is 2. The molecule has 1 saturated heterocycles. The second kappa shape index (κ2) is 7.65. The fourth-order valence-corrected chi connectivity index (χ4v) is 4.92. The summed E-state index contributed by atoms with van der Waals surface area (Å²) in [7, 11) is -2.17. The highest BCUT2D eigenvalue weighted by atomic mass is 35.5. The largest absolute Gasteiger partial charge is 0.365 e. The minimum absolute atomic E-state index is 0.0450. The van der Waals surface area contributed by atoms with Gasteiger partial charge in [-0.2, -0.15) is 4.31 Å². The van der Waals surface area contributed by atoms with Crippen LogP contribution in [0.2, 0.25) is 5.15 Å². The third-order valence-corrected chi connectivity index (χ3v) is 6.60. The van der Waals surface area contributed by atoms with Crippen molar-refractivity contribution in [2.24, 2.45) is 7.05 Å². The Hall–Kier alpha value is -2.63. The van der Waals surface area contributed by atoms with Gasteiger partial charge in [-0.15, -0.1) is 0 Å². The zero-order valence-electron chi connectivity index (χ0n) is 15.3. The molecule has 4 rings (SSSR count). The van der Waals surface area contributed by atoms with Gasteiger partial charge in [0.05, 0.1) is 18.1 Å². The monoisotopic (exact) mass is 437 g/mol. The number of hydrogen-bond donors (Lipinski definition) is 1. The molecule has 3 aromatic rings. The number of rotatable bonds is 5. The molecule has 1 aliphatic heterocycles. The van der Waals surface area contributed by atoms with Gasteiger partial charge in [0.1, 0.15) is 23.1 Å². The number of sulfonamides is 1. The van der Waals surface area contributed by atoms with Gasteiger partial charge < -0.3 is 9.88 Å². The smallest absolute Gasteiger partial charge is 0.262 e. The van der Waals surface area contributed by atoms with Crippen LogP contribution in [0, 0.1) is 5.82 Å². The molecule has 1 N–H and O–H groups in total. The first-order valence-electron chi connectivity index (χ1n) is 8.67. The number of aryl methyl sites for hydroxylation is 1. The highest BCUT2D eigenvalue weighted by molar-refractivity contribution is 7.89. The third kappa shape index (κ3) is 3.93. The lowest BCUT2D eigenvalue weighted by Gasteiger charge is -2.20. The zero-order chi connectivity index (χ0) is 20.6. The fourth-order valence-electron chi connectivity index (χ4n) is 3.31. The lowest BCUT2D eigenvalue weighted by molar-refractivity contribution is 0.466. The number of pyridine rings is 1. The van der Waals surface area contributed by atoms with Crippen LogP contribution in [-0.4, -0.2) is 56.4 Å². The summed E-state index contributed by atoms with van der Waals surface area (Å²) in [6, 6.07) is 3.83. The van der Waals surface area contributed by atoms with Crippen molar-refractivity contribution in [2.45, 2.75) is 17.0 Å². The number of nitrogens with zero attached hydrogens (tertiary/aromatic N) is 6. The van der Waals surface area contributed by atoms with E-state index in [9.17, 15) is 12.8 Å². The third-order valence-electron chi connectivity index (χ3n) is 4.68. The average Bonchev–Trinajstić information content (AvgIpc) is 3.30. The van der Waals surface area contributed by atoms with Crippen LogP contribution >= 0.6 is 11.6 Å². The van der Waals surface area contributed by atoms with Gasteiger partial charge in [0.2, 0.25) is 0 Å². The number of anilines is 1. The number of imidazole rings is 1. The molecule has 4 heterocycles. The van der Waals surface area contributed by atoms with Crippen LogP contribution in [0.4, 0.5) is 10.2 Å². The molecule has 2 atom stereocenters. The number of hydrogen-bond acceptors (Lipinski definition) is 7. The van der Waals surface area contributed by atoms with Crippen LogP contribution < -0.4 is 5.32 Å². The van der Waals surface area contributed by atoms with Gasteiger partial charge in [0.25, 0.3) is 10.0 Å². The topological polar surface area (TPSA) is 106 Å². The van der Waals surface area contributed by atoms with Crippen LogP contribution in [0.25, 0.3) is 0 Å². The normalized spacial score (nSPS) is 20.1. The summed E-state index contributed by atoms with van der Waals surface area (Å²) >= 11 is 5.91. The summed E-state index contributed by atoms with van der Waals surface area (Å²) in [6.07, 6.45) is 5.61. The Morgan fingerprint density at radius 1 is 1.24 bits per heavy atom. The second-order valence-corrected chi connectivity index (χ2v) is 8.93. The van der Waals surface area contributed by atoms with Crippen molar-refractivity contribution >= 4 is 27.4 Å². The average molecular weight is 438 g/mol. The van der Waals surface area contributed by atoms with Crippen molar-refractivity contribution in [1.82, 2.24) is 28.8 Å². The van der Waals surface area contributed by atoms with Crippen LogP contribution in [0.15, 0.2) is 48.3 Å². The van der Waals surface area contributed by atoms with E-state index in [1.165, 1.54) is 47.6 Å². The molecule has 12 heteroatoms. The molecular formula is C17H17ClFN7O2S. The van der Waals surface area contributed by atoms with Crippen LogP contribution in [-0.2, 0) is 17.1 Å². The summed E-state index contributed by atoms with van der Waals surface area (Å²) in [5.41, 5.74) is 0.184. The number of aromatic nitrogens is 5. The predicted molar refractivity (Wildman–Crippen MR) is 103 cm³/mol.